The van der Waals surface area contributed by atoms with E-state index < -0.39 is 18.0 Å². The van der Waals surface area contributed by atoms with E-state index in [0.717, 1.165) is 11.1 Å². The fourth-order valence-electron chi connectivity index (χ4n) is 3.97. The largest absolute Gasteiger partial charge is 0.448 e. The molecule has 0 spiro atoms. The lowest BCUT2D eigenvalue weighted by Gasteiger charge is -2.20. The number of carbonyl (C=O) groups is 2. The number of carbonyl (C=O) groups excluding carboxylic acids is 2. The monoisotopic (exact) mass is 454 g/mol. The highest BCUT2D eigenvalue weighted by Gasteiger charge is 2.27. The number of benzene rings is 3. The highest BCUT2D eigenvalue weighted by atomic mass is 16.5. The number of hydrogen-bond acceptors (Lipinski definition) is 4. The van der Waals surface area contributed by atoms with Crippen LogP contribution in [0.5, 0.6) is 0 Å². The summed E-state index contributed by atoms with van der Waals surface area (Å²) in [5.74, 6) is -1.15. The van der Waals surface area contributed by atoms with Crippen molar-refractivity contribution in [3.05, 3.63) is 100 Å². The summed E-state index contributed by atoms with van der Waals surface area (Å²) >= 11 is 0. The standard InChI is InChI=1S/C28H26N2O4/c1-4-23(26(31)29-20-16-14-18(2)15-17-20)34-28(33)25-24(19-10-6-5-7-11-19)21-12-8-9-13-22(21)27(32)30(25)3/h5-17,23H,4H2,1-3H3,(H,29,31). The van der Waals surface area contributed by atoms with E-state index in [1.807, 2.05) is 61.5 Å². The lowest BCUT2D eigenvalue weighted by atomic mass is 9.97. The molecule has 0 fully saturated rings. The summed E-state index contributed by atoms with van der Waals surface area (Å²) in [7, 11) is 1.55. The lowest BCUT2D eigenvalue weighted by molar-refractivity contribution is -0.124. The summed E-state index contributed by atoms with van der Waals surface area (Å²) in [4.78, 5) is 39.4. The van der Waals surface area contributed by atoms with Gasteiger partial charge in [0.05, 0.1) is 0 Å². The number of pyridine rings is 1. The summed E-state index contributed by atoms with van der Waals surface area (Å²) in [6.45, 7) is 3.73. The molecule has 0 saturated carbocycles. The van der Waals surface area contributed by atoms with Gasteiger partial charge in [-0.3, -0.25) is 9.59 Å². The number of aromatic nitrogens is 1. The number of amides is 1. The molecule has 0 aliphatic carbocycles. The lowest BCUT2D eigenvalue weighted by Crippen LogP contribution is -2.34. The van der Waals surface area contributed by atoms with Crippen LogP contribution in [0.1, 0.15) is 29.4 Å². The molecule has 4 rings (SSSR count). The molecule has 6 nitrogen and oxygen atoms in total. The molecule has 0 aliphatic rings. The highest BCUT2D eigenvalue weighted by Crippen LogP contribution is 2.31. The third-order valence-corrected chi connectivity index (χ3v) is 5.79. The molecule has 1 atom stereocenters. The maximum Gasteiger partial charge on any atom is 0.356 e. The second kappa shape index (κ2) is 9.75. The summed E-state index contributed by atoms with van der Waals surface area (Å²) in [6.07, 6.45) is -0.731. The van der Waals surface area contributed by atoms with Crippen LogP contribution in [-0.2, 0) is 16.6 Å². The minimum Gasteiger partial charge on any atom is -0.448 e. The van der Waals surface area contributed by atoms with Crippen molar-refractivity contribution >= 4 is 28.3 Å². The second-order valence-corrected chi connectivity index (χ2v) is 8.16. The van der Waals surface area contributed by atoms with E-state index in [-0.39, 0.29) is 17.7 Å². The van der Waals surface area contributed by atoms with Crippen LogP contribution in [0.25, 0.3) is 21.9 Å². The van der Waals surface area contributed by atoms with E-state index in [2.05, 4.69) is 5.32 Å². The number of anilines is 1. The van der Waals surface area contributed by atoms with Gasteiger partial charge in [-0.05, 0) is 42.5 Å². The number of nitrogens with zero attached hydrogens (tertiary/aromatic N) is 1. The smallest absolute Gasteiger partial charge is 0.356 e. The van der Waals surface area contributed by atoms with Crippen molar-refractivity contribution in [2.45, 2.75) is 26.4 Å². The van der Waals surface area contributed by atoms with Crippen molar-refractivity contribution in [1.29, 1.82) is 0 Å². The number of esters is 1. The van der Waals surface area contributed by atoms with Crippen LogP contribution in [0.3, 0.4) is 0 Å². The first kappa shape index (κ1) is 23.0. The first-order valence-electron chi connectivity index (χ1n) is 11.2. The van der Waals surface area contributed by atoms with E-state index in [4.69, 9.17) is 4.74 Å². The van der Waals surface area contributed by atoms with Crippen molar-refractivity contribution in [2.24, 2.45) is 7.05 Å². The van der Waals surface area contributed by atoms with Gasteiger partial charge in [0.2, 0.25) is 0 Å². The van der Waals surface area contributed by atoms with Gasteiger partial charge in [0, 0.05) is 23.7 Å². The Morgan fingerprint density at radius 2 is 1.53 bits per heavy atom. The minimum absolute atomic E-state index is 0.108. The molecule has 4 aromatic rings. The molecule has 0 saturated heterocycles. The van der Waals surface area contributed by atoms with Gasteiger partial charge in [0.25, 0.3) is 11.5 Å². The van der Waals surface area contributed by atoms with Gasteiger partial charge in [-0.2, -0.15) is 0 Å². The van der Waals surface area contributed by atoms with Crippen molar-refractivity contribution in [2.75, 3.05) is 5.32 Å². The van der Waals surface area contributed by atoms with E-state index in [1.54, 1.807) is 38.2 Å². The Labute approximate surface area is 197 Å². The van der Waals surface area contributed by atoms with Crippen LogP contribution in [-0.4, -0.2) is 22.5 Å². The van der Waals surface area contributed by atoms with Gasteiger partial charge in [0.1, 0.15) is 5.69 Å². The Morgan fingerprint density at radius 1 is 0.912 bits per heavy atom. The number of fused-ring (bicyclic) bond motifs is 1. The normalized spacial score (nSPS) is 11.7. The number of aryl methyl sites for hydroxylation is 1. The predicted molar refractivity (Wildman–Crippen MR) is 134 cm³/mol. The number of rotatable bonds is 6. The van der Waals surface area contributed by atoms with Crippen LogP contribution in [0, 0.1) is 6.92 Å². The van der Waals surface area contributed by atoms with E-state index in [1.165, 1.54) is 4.57 Å². The van der Waals surface area contributed by atoms with Crippen molar-refractivity contribution in [3.63, 3.8) is 0 Å². The number of hydrogen-bond donors (Lipinski definition) is 1. The highest BCUT2D eigenvalue weighted by molar-refractivity contribution is 6.07. The van der Waals surface area contributed by atoms with Crippen LogP contribution in [0.2, 0.25) is 0 Å². The Morgan fingerprint density at radius 3 is 2.18 bits per heavy atom. The average molecular weight is 455 g/mol. The molecule has 0 radical (unpaired) electrons. The SMILES string of the molecule is CCC(OC(=O)c1c(-c2ccccc2)c2ccccc2c(=O)n1C)C(=O)Nc1ccc(C)cc1. The van der Waals surface area contributed by atoms with Crippen LogP contribution in [0.4, 0.5) is 5.69 Å². The van der Waals surface area contributed by atoms with Gasteiger partial charge in [-0.15, -0.1) is 0 Å². The molecule has 0 bridgehead atoms. The molecule has 34 heavy (non-hydrogen) atoms. The molecule has 1 heterocycles. The molecule has 6 heteroatoms. The Balaban J connectivity index is 1.74. The molecule has 3 aromatic carbocycles. The number of ether oxygens (including phenoxy) is 1. The summed E-state index contributed by atoms with van der Waals surface area (Å²) in [5.41, 5.74) is 2.86. The first-order chi connectivity index (χ1) is 16.4. The van der Waals surface area contributed by atoms with Crippen LogP contribution < -0.4 is 10.9 Å². The van der Waals surface area contributed by atoms with Crippen molar-refractivity contribution in [1.82, 2.24) is 4.57 Å². The summed E-state index contributed by atoms with van der Waals surface area (Å²) in [6, 6.07) is 23.9. The fourth-order valence-corrected chi connectivity index (χ4v) is 3.97. The zero-order valence-corrected chi connectivity index (χ0v) is 19.4. The van der Waals surface area contributed by atoms with E-state index >= 15 is 0 Å². The Kier molecular flexibility index (Phi) is 6.59. The van der Waals surface area contributed by atoms with Gasteiger partial charge in [-0.25, -0.2) is 4.79 Å². The quantitative estimate of drug-likeness (QED) is 0.412. The van der Waals surface area contributed by atoms with Crippen LogP contribution in [0.15, 0.2) is 83.7 Å². The fraction of sp³-hybridized carbons (Fsp3) is 0.179. The molecule has 1 aromatic heterocycles. The van der Waals surface area contributed by atoms with Crippen LogP contribution >= 0.6 is 0 Å². The topological polar surface area (TPSA) is 77.4 Å². The maximum atomic E-state index is 13.5. The maximum absolute atomic E-state index is 13.5. The molecule has 1 amide bonds. The predicted octanol–water partition coefficient (Wildman–Crippen LogP) is 5.09. The molecule has 1 unspecified atom stereocenters. The zero-order chi connectivity index (χ0) is 24.2. The molecular weight excluding hydrogens is 428 g/mol. The Bertz CT molecular complexity index is 1410. The third-order valence-electron chi connectivity index (χ3n) is 5.79. The van der Waals surface area contributed by atoms with Crippen molar-refractivity contribution in [3.8, 4) is 11.1 Å². The summed E-state index contributed by atoms with van der Waals surface area (Å²) < 4.78 is 6.98. The molecule has 1 N–H and O–H groups in total. The zero-order valence-electron chi connectivity index (χ0n) is 19.4. The van der Waals surface area contributed by atoms with E-state index in [9.17, 15) is 14.4 Å². The molecule has 172 valence electrons. The number of nitrogens with one attached hydrogen (secondary N) is 1. The van der Waals surface area contributed by atoms with Gasteiger partial charge in [-0.1, -0.05) is 73.2 Å². The molecule has 0 aliphatic heterocycles. The third kappa shape index (κ3) is 4.48. The molecular formula is C28H26N2O4. The van der Waals surface area contributed by atoms with E-state index in [0.29, 0.717) is 22.0 Å². The Hall–Kier alpha value is -4.19. The minimum atomic E-state index is -1.01. The average Bonchev–Trinajstić information content (AvgIpc) is 2.86. The second-order valence-electron chi connectivity index (χ2n) is 8.16. The van der Waals surface area contributed by atoms with Gasteiger partial charge < -0.3 is 14.6 Å². The van der Waals surface area contributed by atoms with Gasteiger partial charge >= 0.3 is 5.97 Å². The first-order valence-corrected chi connectivity index (χ1v) is 11.2. The van der Waals surface area contributed by atoms with Gasteiger partial charge in [0.15, 0.2) is 6.10 Å². The van der Waals surface area contributed by atoms with Crippen molar-refractivity contribution < 1.29 is 14.3 Å². The summed E-state index contributed by atoms with van der Waals surface area (Å²) in [5, 5.41) is 3.95.